The average molecular weight is 338 g/mol. The third kappa shape index (κ3) is 2.80. The zero-order chi connectivity index (χ0) is 16.6. The van der Waals surface area contributed by atoms with Crippen molar-refractivity contribution in [3.63, 3.8) is 0 Å². The lowest BCUT2D eigenvalue weighted by Gasteiger charge is -2.26. The Morgan fingerprint density at radius 3 is 2.96 bits per heavy atom. The summed E-state index contributed by atoms with van der Waals surface area (Å²) in [5.41, 5.74) is -0.477. The molecule has 2 aromatic heterocycles. The third-order valence-electron chi connectivity index (χ3n) is 4.43. The summed E-state index contributed by atoms with van der Waals surface area (Å²) in [4.78, 5) is 8.50. The molecule has 1 saturated heterocycles. The zero-order valence-corrected chi connectivity index (χ0v) is 14.2. The number of aliphatic hydroxyl groups is 2. The minimum absolute atomic E-state index is 0.387. The molecule has 0 bridgehead atoms. The molecular weight excluding hydrogens is 316 g/mol. The Bertz CT molecular complexity index is 690. The summed E-state index contributed by atoms with van der Waals surface area (Å²) in [5.74, 6) is 1.40. The molecule has 2 aromatic rings. The van der Waals surface area contributed by atoms with E-state index in [2.05, 4.69) is 15.3 Å². The molecule has 8 heteroatoms. The molecule has 7 nitrogen and oxygen atoms in total. The van der Waals surface area contributed by atoms with Crippen LogP contribution in [-0.4, -0.2) is 67.7 Å². The molecule has 0 radical (unpaired) electrons. The van der Waals surface area contributed by atoms with Crippen LogP contribution in [0, 0.1) is 0 Å². The van der Waals surface area contributed by atoms with Gasteiger partial charge in [-0.3, -0.25) is 0 Å². The van der Waals surface area contributed by atoms with Gasteiger partial charge in [0.15, 0.2) is 0 Å². The summed E-state index contributed by atoms with van der Waals surface area (Å²) in [6.07, 6.45) is 3.54. The predicted octanol–water partition coefficient (Wildman–Crippen LogP) is 0.715. The number of nitrogens with one attached hydrogen (secondary N) is 1. The highest BCUT2D eigenvalue weighted by Crippen LogP contribution is 2.34. The number of nitrogens with zero attached hydrogens (tertiary/aromatic N) is 3. The van der Waals surface area contributed by atoms with Gasteiger partial charge in [0.05, 0.1) is 18.0 Å². The van der Waals surface area contributed by atoms with Gasteiger partial charge >= 0.3 is 0 Å². The largest absolute Gasteiger partial charge is 0.387 e. The van der Waals surface area contributed by atoms with Crippen molar-refractivity contribution in [1.82, 2.24) is 14.5 Å². The second kappa shape index (κ2) is 6.27. The first kappa shape index (κ1) is 16.5. The van der Waals surface area contributed by atoms with E-state index in [0.29, 0.717) is 12.3 Å². The van der Waals surface area contributed by atoms with Crippen LogP contribution >= 0.6 is 11.8 Å². The second-order valence-electron chi connectivity index (χ2n) is 5.97. The second-order valence-corrected chi connectivity index (χ2v) is 6.88. The van der Waals surface area contributed by atoms with Crippen molar-refractivity contribution in [2.24, 2.45) is 0 Å². The number of ether oxygens (including phenoxy) is 1. The van der Waals surface area contributed by atoms with Crippen molar-refractivity contribution in [3.8, 4) is 0 Å². The molecule has 3 rings (SSSR count). The Labute approximate surface area is 139 Å². The van der Waals surface area contributed by atoms with E-state index in [-0.39, 0.29) is 6.10 Å². The summed E-state index contributed by atoms with van der Waals surface area (Å²) in [5, 5.41) is 24.9. The third-order valence-corrected chi connectivity index (χ3v) is 5.07. The first-order valence-electron chi connectivity index (χ1n) is 7.51. The number of aliphatic hydroxyl groups excluding tert-OH is 1. The van der Waals surface area contributed by atoms with Gasteiger partial charge in [0.2, 0.25) is 0 Å². The molecule has 1 aliphatic heterocycles. The van der Waals surface area contributed by atoms with E-state index in [1.807, 2.05) is 30.1 Å². The topological polar surface area (TPSA) is 92.4 Å². The van der Waals surface area contributed by atoms with Gasteiger partial charge in [0.1, 0.15) is 35.6 Å². The van der Waals surface area contributed by atoms with Gasteiger partial charge in [-0.2, -0.15) is 11.8 Å². The molecule has 0 unspecified atom stereocenters. The molecule has 1 fully saturated rings. The minimum Gasteiger partial charge on any atom is -0.387 e. The van der Waals surface area contributed by atoms with Crippen LogP contribution in [0.5, 0.6) is 0 Å². The highest BCUT2D eigenvalue weighted by atomic mass is 32.2. The fraction of sp³-hybridized carbons (Fsp3) is 0.600. The summed E-state index contributed by atoms with van der Waals surface area (Å²) in [6.45, 7) is 2.06. The number of fused-ring (bicyclic) bond motifs is 1. The van der Waals surface area contributed by atoms with Crippen LogP contribution in [0.1, 0.15) is 6.92 Å². The molecule has 23 heavy (non-hydrogen) atoms. The first-order valence-corrected chi connectivity index (χ1v) is 8.90. The monoisotopic (exact) mass is 338 g/mol. The lowest BCUT2D eigenvalue weighted by molar-refractivity contribution is -0.0555. The summed E-state index contributed by atoms with van der Waals surface area (Å²) < 4.78 is 7.83. The van der Waals surface area contributed by atoms with E-state index in [4.69, 9.17) is 4.74 Å². The molecule has 1 aliphatic rings. The molecule has 0 aromatic carbocycles. The molecule has 0 aliphatic carbocycles. The Morgan fingerprint density at radius 1 is 1.48 bits per heavy atom. The van der Waals surface area contributed by atoms with E-state index in [1.165, 1.54) is 6.33 Å². The SMILES string of the molecule is CNc1ncnc2c1ccn2C[C@@H]1O[C@H](CSC)[C@@](C)(O)[C@H]1O. The molecule has 3 heterocycles. The Balaban J connectivity index is 1.85. The van der Waals surface area contributed by atoms with Crippen LogP contribution in [0.4, 0.5) is 5.82 Å². The zero-order valence-electron chi connectivity index (χ0n) is 13.4. The van der Waals surface area contributed by atoms with Crippen LogP contribution in [0.2, 0.25) is 0 Å². The van der Waals surface area contributed by atoms with Crippen LogP contribution in [0.15, 0.2) is 18.6 Å². The summed E-state index contributed by atoms with van der Waals surface area (Å²) in [7, 11) is 1.81. The van der Waals surface area contributed by atoms with Gasteiger partial charge in [-0.05, 0) is 19.2 Å². The maximum absolute atomic E-state index is 10.5. The molecule has 0 amide bonds. The number of anilines is 1. The molecule has 4 atom stereocenters. The van der Waals surface area contributed by atoms with Crippen molar-refractivity contribution in [1.29, 1.82) is 0 Å². The van der Waals surface area contributed by atoms with Gasteiger partial charge in [0, 0.05) is 19.0 Å². The number of hydrogen-bond donors (Lipinski definition) is 3. The normalized spacial score (nSPS) is 30.9. The van der Waals surface area contributed by atoms with E-state index in [1.54, 1.807) is 18.7 Å². The van der Waals surface area contributed by atoms with Crippen LogP contribution in [-0.2, 0) is 11.3 Å². The van der Waals surface area contributed by atoms with Crippen molar-refractivity contribution in [2.45, 2.75) is 37.4 Å². The number of hydrogen-bond acceptors (Lipinski definition) is 7. The molecule has 126 valence electrons. The quantitative estimate of drug-likeness (QED) is 0.739. The van der Waals surface area contributed by atoms with Crippen LogP contribution in [0.3, 0.4) is 0 Å². The summed E-state index contributed by atoms with van der Waals surface area (Å²) in [6, 6.07) is 1.93. The Hall–Kier alpha value is -1.35. The predicted molar refractivity (Wildman–Crippen MR) is 90.7 cm³/mol. The van der Waals surface area contributed by atoms with E-state index < -0.39 is 17.8 Å². The Morgan fingerprint density at radius 2 is 2.26 bits per heavy atom. The smallest absolute Gasteiger partial charge is 0.145 e. The molecular formula is C15H22N4O3S. The van der Waals surface area contributed by atoms with Gasteiger partial charge in [0.25, 0.3) is 0 Å². The molecule has 0 saturated carbocycles. The number of rotatable bonds is 5. The highest BCUT2D eigenvalue weighted by molar-refractivity contribution is 7.98. The van der Waals surface area contributed by atoms with Gasteiger partial charge in [-0.15, -0.1) is 0 Å². The fourth-order valence-corrected chi connectivity index (χ4v) is 3.76. The number of aromatic nitrogens is 3. The van der Waals surface area contributed by atoms with Crippen molar-refractivity contribution < 1.29 is 14.9 Å². The van der Waals surface area contributed by atoms with Gasteiger partial charge in [-0.25, -0.2) is 9.97 Å². The summed E-state index contributed by atoms with van der Waals surface area (Å²) >= 11 is 1.59. The standard InChI is InChI=1S/C15H22N4O3S/c1-15(21)11(7-23-3)22-10(12(15)20)6-19-5-4-9-13(16-2)17-8-18-14(9)19/h4-5,8,10-12,20-21H,6-7H2,1-3H3,(H,16,17,18)/t10-,11+,12-,15+/m0/s1. The van der Waals surface area contributed by atoms with Crippen molar-refractivity contribution >= 4 is 28.6 Å². The lowest BCUT2D eigenvalue weighted by atomic mass is 9.93. The van der Waals surface area contributed by atoms with Gasteiger partial charge in [-0.1, -0.05) is 0 Å². The number of thioether (sulfide) groups is 1. The Kier molecular flexibility index (Phi) is 4.50. The molecule has 0 spiro atoms. The van der Waals surface area contributed by atoms with E-state index in [0.717, 1.165) is 16.9 Å². The highest BCUT2D eigenvalue weighted by Gasteiger charge is 2.51. The van der Waals surface area contributed by atoms with Crippen molar-refractivity contribution in [3.05, 3.63) is 18.6 Å². The van der Waals surface area contributed by atoms with Gasteiger partial charge < -0.3 is 24.8 Å². The van der Waals surface area contributed by atoms with Crippen LogP contribution in [0.25, 0.3) is 11.0 Å². The molecule has 3 N–H and O–H groups in total. The average Bonchev–Trinajstić information content (AvgIpc) is 3.03. The fourth-order valence-electron chi connectivity index (χ4n) is 3.04. The van der Waals surface area contributed by atoms with Crippen molar-refractivity contribution in [2.75, 3.05) is 24.4 Å². The minimum atomic E-state index is -1.25. The van der Waals surface area contributed by atoms with E-state index in [9.17, 15) is 10.2 Å². The first-order chi connectivity index (χ1) is 11.0. The lowest BCUT2D eigenvalue weighted by Crippen LogP contribution is -2.46. The maximum Gasteiger partial charge on any atom is 0.145 e. The van der Waals surface area contributed by atoms with E-state index >= 15 is 0 Å². The maximum atomic E-state index is 10.5. The van der Waals surface area contributed by atoms with Crippen LogP contribution < -0.4 is 5.32 Å².